The predicted octanol–water partition coefficient (Wildman–Crippen LogP) is 3.25. The van der Waals surface area contributed by atoms with Gasteiger partial charge >= 0.3 is 6.61 Å². The van der Waals surface area contributed by atoms with Crippen molar-refractivity contribution in [3.63, 3.8) is 0 Å². The molecule has 1 atom stereocenters. The lowest BCUT2D eigenvalue weighted by atomic mass is 10.1. The molecule has 0 aromatic heterocycles. The number of carbonyl (C=O) groups is 1. The van der Waals surface area contributed by atoms with Crippen LogP contribution in [0.2, 0.25) is 0 Å². The average Bonchev–Trinajstić information content (AvgIpc) is 3.05. The normalized spacial score (nSPS) is 17.6. The van der Waals surface area contributed by atoms with Gasteiger partial charge in [-0.15, -0.1) is 0 Å². The van der Waals surface area contributed by atoms with Crippen LogP contribution in [0.5, 0.6) is 5.75 Å². The number of nitriles is 1. The second kappa shape index (κ2) is 8.76. The lowest BCUT2D eigenvalue weighted by Crippen LogP contribution is -2.32. The number of hydrogen-bond acceptors (Lipinski definition) is 4. The number of amides is 1. The van der Waals surface area contributed by atoms with Gasteiger partial charge in [0.05, 0.1) is 6.10 Å². The van der Waals surface area contributed by atoms with E-state index in [1.807, 2.05) is 0 Å². The highest BCUT2D eigenvalue weighted by Crippen LogP contribution is 2.27. The van der Waals surface area contributed by atoms with Crippen molar-refractivity contribution in [1.29, 1.82) is 5.26 Å². The van der Waals surface area contributed by atoms with E-state index < -0.39 is 12.5 Å². The lowest BCUT2D eigenvalue weighted by molar-refractivity contribution is -0.117. The SMILES string of the molecule is N#C/C(=C\c1cc(Br)ccc1OC(F)F)C(=O)NC[C@H]1CCCO1. The molecule has 1 saturated heterocycles. The zero-order chi connectivity index (χ0) is 17.5. The second-order valence-corrected chi connectivity index (χ2v) is 5.99. The molecule has 1 fully saturated rings. The second-order valence-electron chi connectivity index (χ2n) is 5.08. The molecule has 5 nitrogen and oxygen atoms in total. The fraction of sp³-hybridized carbons (Fsp3) is 0.375. The summed E-state index contributed by atoms with van der Waals surface area (Å²) in [7, 11) is 0. The number of benzene rings is 1. The average molecular weight is 401 g/mol. The van der Waals surface area contributed by atoms with E-state index in [4.69, 9.17) is 4.74 Å². The highest BCUT2D eigenvalue weighted by Gasteiger charge is 2.18. The number of nitrogens with zero attached hydrogens (tertiary/aromatic N) is 1. The first-order chi connectivity index (χ1) is 11.5. The Morgan fingerprint density at radius 3 is 3.00 bits per heavy atom. The summed E-state index contributed by atoms with van der Waals surface area (Å²) in [6.45, 7) is -2.04. The maximum absolute atomic E-state index is 12.5. The Morgan fingerprint density at radius 1 is 1.58 bits per heavy atom. The van der Waals surface area contributed by atoms with Crippen LogP contribution in [0.15, 0.2) is 28.2 Å². The standard InChI is InChI=1S/C16H15BrF2N2O3/c17-12-3-4-14(24-16(18)19)10(7-12)6-11(8-20)15(22)21-9-13-2-1-5-23-13/h3-4,6-7,13,16H,1-2,5,9H2,(H,21,22)/b11-6+/t13-/m1/s1. The Hall–Kier alpha value is -1.98. The van der Waals surface area contributed by atoms with Crippen molar-refractivity contribution in [1.82, 2.24) is 5.32 Å². The fourth-order valence-electron chi connectivity index (χ4n) is 2.25. The molecule has 1 N–H and O–H groups in total. The molecule has 0 bridgehead atoms. The van der Waals surface area contributed by atoms with E-state index in [1.54, 1.807) is 6.07 Å². The van der Waals surface area contributed by atoms with Crippen LogP contribution in [0.3, 0.4) is 0 Å². The molecule has 24 heavy (non-hydrogen) atoms. The van der Waals surface area contributed by atoms with E-state index in [0.717, 1.165) is 12.8 Å². The molecule has 1 amide bonds. The van der Waals surface area contributed by atoms with Gasteiger partial charge in [-0.3, -0.25) is 4.79 Å². The van der Waals surface area contributed by atoms with Gasteiger partial charge in [0.1, 0.15) is 17.4 Å². The van der Waals surface area contributed by atoms with Crippen molar-refractivity contribution >= 4 is 27.9 Å². The summed E-state index contributed by atoms with van der Waals surface area (Å²) in [5.41, 5.74) is -0.00120. The van der Waals surface area contributed by atoms with Crippen LogP contribution < -0.4 is 10.1 Å². The smallest absolute Gasteiger partial charge is 0.387 e. The van der Waals surface area contributed by atoms with Crippen molar-refractivity contribution in [3.05, 3.63) is 33.8 Å². The van der Waals surface area contributed by atoms with Crippen LogP contribution >= 0.6 is 15.9 Å². The molecule has 1 aliphatic heterocycles. The van der Waals surface area contributed by atoms with E-state index in [0.29, 0.717) is 17.6 Å². The Labute approximate surface area is 146 Å². The fourth-order valence-corrected chi connectivity index (χ4v) is 2.63. The minimum atomic E-state index is -3.00. The summed E-state index contributed by atoms with van der Waals surface area (Å²) in [5, 5.41) is 11.8. The van der Waals surface area contributed by atoms with Crippen molar-refractivity contribution in [2.45, 2.75) is 25.6 Å². The van der Waals surface area contributed by atoms with Gasteiger partial charge in [-0.2, -0.15) is 14.0 Å². The monoisotopic (exact) mass is 400 g/mol. The quantitative estimate of drug-likeness (QED) is 0.587. The minimum absolute atomic E-state index is 0.0579. The van der Waals surface area contributed by atoms with Crippen molar-refractivity contribution in [3.8, 4) is 11.8 Å². The maximum Gasteiger partial charge on any atom is 0.387 e. The molecule has 0 unspecified atom stereocenters. The molecule has 128 valence electrons. The molecule has 1 heterocycles. The first-order valence-corrected chi connectivity index (χ1v) is 8.05. The molecule has 1 aromatic carbocycles. The summed E-state index contributed by atoms with van der Waals surface area (Å²) < 4.78 is 35.3. The molecule has 8 heteroatoms. The van der Waals surface area contributed by atoms with Crippen LogP contribution in [0.25, 0.3) is 6.08 Å². The molecule has 0 radical (unpaired) electrons. The minimum Gasteiger partial charge on any atom is -0.434 e. The first-order valence-electron chi connectivity index (χ1n) is 7.25. The highest BCUT2D eigenvalue weighted by atomic mass is 79.9. The third-order valence-electron chi connectivity index (χ3n) is 3.37. The van der Waals surface area contributed by atoms with Crippen molar-refractivity contribution in [2.75, 3.05) is 13.2 Å². The Kier molecular flexibility index (Phi) is 6.70. The van der Waals surface area contributed by atoms with E-state index in [1.165, 1.54) is 24.3 Å². The zero-order valence-corrected chi connectivity index (χ0v) is 14.2. The van der Waals surface area contributed by atoms with Gasteiger partial charge < -0.3 is 14.8 Å². The zero-order valence-electron chi connectivity index (χ0n) is 12.6. The van der Waals surface area contributed by atoms with Crippen LogP contribution in [0, 0.1) is 11.3 Å². The van der Waals surface area contributed by atoms with E-state index in [9.17, 15) is 18.8 Å². The number of halogens is 3. The number of hydrogen-bond donors (Lipinski definition) is 1. The Bertz CT molecular complexity index is 668. The summed E-state index contributed by atoms with van der Waals surface area (Å²) >= 11 is 3.21. The highest BCUT2D eigenvalue weighted by molar-refractivity contribution is 9.10. The van der Waals surface area contributed by atoms with Crippen LogP contribution in [-0.2, 0) is 9.53 Å². The van der Waals surface area contributed by atoms with Gasteiger partial charge in [0.2, 0.25) is 0 Å². The lowest BCUT2D eigenvalue weighted by Gasteiger charge is -2.11. The summed E-state index contributed by atoms with van der Waals surface area (Å²) in [6, 6.07) is 6.13. The third-order valence-corrected chi connectivity index (χ3v) is 3.86. The number of carbonyl (C=O) groups excluding carboxylic acids is 1. The molecule has 0 saturated carbocycles. The molecule has 0 aliphatic carbocycles. The third kappa shape index (κ3) is 5.28. The van der Waals surface area contributed by atoms with Gasteiger partial charge in [-0.1, -0.05) is 15.9 Å². The first kappa shape index (κ1) is 18.4. The molecule has 1 aromatic rings. The predicted molar refractivity (Wildman–Crippen MR) is 86.3 cm³/mol. The summed E-state index contributed by atoms with van der Waals surface area (Å²) in [4.78, 5) is 12.1. The molecular weight excluding hydrogens is 386 g/mol. The molecule has 2 rings (SSSR count). The largest absolute Gasteiger partial charge is 0.434 e. The van der Waals surface area contributed by atoms with Crippen LogP contribution in [0.4, 0.5) is 8.78 Å². The van der Waals surface area contributed by atoms with Gasteiger partial charge in [0.25, 0.3) is 5.91 Å². The molecule has 1 aliphatic rings. The number of alkyl halides is 2. The topological polar surface area (TPSA) is 71.3 Å². The molecule has 0 spiro atoms. The number of rotatable bonds is 6. The van der Waals surface area contributed by atoms with E-state index >= 15 is 0 Å². The van der Waals surface area contributed by atoms with Gasteiger partial charge in [0, 0.05) is 23.2 Å². The van der Waals surface area contributed by atoms with E-state index in [-0.39, 0.29) is 23.0 Å². The Morgan fingerprint density at radius 2 is 2.38 bits per heavy atom. The molecular formula is C16H15BrF2N2O3. The van der Waals surface area contributed by atoms with Gasteiger partial charge in [-0.05, 0) is 37.1 Å². The van der Waals surface area contributed by atoms with Crippen LogP contribution in [0.1, 0.15) is 18.4 Å². The van der Waals surface area contributed by atoms with E-state index in [2.05, 4.69) is 26.0 Å². The van der Waals surface area contributed by atoms with Crippen molar-refractivity contribution in [2.24, 2.45) is 0 Å². The summed E-state index contributed by atoms with van der Waals surface area (Å²) in [5.74, 6) is -0.705. The van der Waals surface area contributed by atoms with Gasteiger partial charge in [-0.25, -0.2) is 0 Å². The summed E-state index contributed by atoms with van der Waals surface area (Å²) in [6.07, 6.45) is 2.95. The van der Waals surface area contributed by atoms with Gasteiger partial charge in [0.15, 0.2) is 0 Å². The van der Waals surface area contributed by atoms with Crippen LogP contribution in [-0.4, -0.2) is 31.8 Å². The number of ether oxygens (including phenoxy) is 2. The number of nitrogens with one attached hydrogen (secondary N) is 1. The van der Waals surface area contributed by atoms with Crippen molar-refractivity contribution < 1.29 is 23.0 Å². The maximum atomic E-state index is 12.5. The Balaban J connectivity index is 2.15.